The van der Waals surface area contributed by atoms with Crippen molar-refractivity contribution in [2.24, 2.45) is 0 Å². The molecule has 0 saturated carbocycles. The highest BCUT2D eigenvalue weighted by molar-refractivity contribution is 8.18. The molecule has 240 valence electrons. The molecule has 2 N–H and O–H groups in total. The van der Waals surface area contributed by atoms with Crippen LogP contribution in [-0.4, -0.2) is 73.9 Å². The summed E-state index contributed by atoms with van der Waals surface area (Å²) in [6.45, 7) is 8.07. The van der Waals surface area contributed by atoms with E-state index >= 15 is 0 Å². The Morgan fingerprint density at radius 2 is 1.70 bits per heavy atom. The lowest BCUT2D eigenvalue weighted by Gasteiger charge is -2.30. The molecule has 2 aliphatic rings. The van der Waals surface area contributed by atoms with Gasteiger partial charge in [0, 0.05) is 18.8 Å². The highest BCUT2D eigenvalue weighted by Crippen LogP contribution is 2.35. The number of rotatable bonds is 11. The summed E-state index contributed by atoms with van der Waals surface area (Å²) in [4.78, 5) is 54.7. The van der Waals surface area contributed by atoms with Gasteiger partial charge in [-0.2, -0.15) is 0 Å². The third kappa shape index (κ3) is 8.06. The first-order chi connectivity index (χ1) is 22.2. The monoisotopic (exact) mass is 644 g/mol. The summed E-state index contributed by atoms with van der Waals surface area (Å²) in [5, 5.41) is 5.14. The summed E-state index contributed by atoms with van der Waals surface area (Å²) >= 11 is 0.762. The molecule has 0 unspecified atom stereocenters. The number of morpholine rings is 1. The quantitative estimate of drug-likeness (QED) is 0.270. The number of carbonyl (C=O) groups is 4. The second kappa shape index (κ2) is 15.0. The number of amides is 4. The van der Waals surface area contributed by atoms with Gasteiger partial charge in [0.2, 0.25) is 5.91 Å². The number of imide groups is 1. The molecular weight excluding hydrogens is 608 g/mol. The maximum absolute atomic E-state index is 13.2. The average molecular weight is 645 g/mol. The summed E-state index contributed by atoms with van der Waals surface area (Å²) < 4.78 is 16.9. The van der Waals surface area contributed by atoms with Crippen molar-refractivity contribution in [1.29, 1.82) is 0 Å². The molecule has 12 heteroatoms. The molecular formula is C34H36N4O7S. The lowest BCUT2D eigenvalue weighted by molar-refractivity contribution is -0.127. The van der Waals surface area contributed by atoms with Gasteiger partial charge in [0.15, 0.2) is 18.1 Å². The van der Waals surface area contributed by atoms with Crippen LogP contribution in [0, 0.1) is 13.8 Å². The van der Waals surface area contributed by atoms with Crippen molar-refractivity contribution in [2.45, 2.75) is 20.8 Å². The van der Waals surface area contributed by atoms with Crippen LogP contribution in [0.4, 0.5) is 21.9 Å². The average Bonchev–Trinajstić information content (AvgIpc) is 3.30. The van der Waals surface area contributed by atoms with E-state index in [1.807, 2.05) is 57.2 Å². The summed E-state index contributed by atoms with van der Waals surface area (Å²) in [5.74, 6) is -0.625. The predicted octanol–water partition coefficient (Wildman–Crippen LogP) is 5.23. The van der Waals surface area contributed by atoms with Gasteiger partial charge in [0.25, 0.3) is 17.1 Å². The maximum Gasteiger partial charge on any atom is 0.294 e. The van der Waals surface area contributed by atoms with Crippen LogP contribution in [0.3, 0.4) is 0 Å². The Morgan fingerprint density at radius 3 is 2.46 bits per heavy atom. The number of carbonyl (C=O) groups excluding carboxylic acids is 4. The molecule has 4 amide bonds. The van der Waals surface area contributed by atoms with E-state index < -0.39 is 23.6 Å². The number of para-hydroxylation sites is 2. The second-order valence-corrected chi connectivity index (χ2v) is 11.7. The van der Waals surface area contributed by atoms with Crippen molar-refractivity contribution in [3.05, 3.63) is 82.3 Å². The second-order valence-electron chi connectivity index (χ2n) is 10.7. The first-order valence-corrected chi connectivity index (χ1v) is 15.8. The molecule has 2 saturated heterocycles. The van der Waals surface area contributed by atoms with Gasteiger partial charge in [0.1, 0.15) is 6.54 Å². The zero-order valence-corrected chi connectivity index (χ0v) is 26.8. The Morgan fingerprint density at radius 1 is 0.913 bits per heavy atom. The van der Waals surface area contributed by atoms with Crippen molar-refractivity contribution in [1.82, 2.24) is 4.90 Å². The summed E-state index contributed by atoms with van der Waals surface area (Å²) in [6, 6.07) is 18.1. The van der Waals surface area contributed by atoms with Crippen LogP contribution in [0.25, 0.3) is 6.08 Å². The molecule has 0 atom stereocenters. The third-order valence-electron chi connectivity index (χ3n) is 7.42. The first-order valence-electron chi connectivity index (χ1n) is 15.0. The Balaban J connectivity index is 1.21. The third-order valence-corrected chi connectivity index (χ3v) is 8.33. The van der Waals surface area contributed by atoms with E-state index in [4.69, 9.17) is 14.2 Å². The minimum absolute atomic E-state index is 0.176. The number of hydrogen-bond donors (Lipinski definition) is 2. The van der Waals surface area contributed by atoms with E-state index in [2.05, 4.69) is 15.5 Å². The van der Waals surface area contributed by atoms with Gasteiger partial charge >= 0.3 is 0 Å². The number of nitrogens with zero attached hydrogens (tertiary/aromatic N) is 2. The minimum atomic E-state index is -0.562. The van der Waals surface area contributed by atoms with E-state index in [0.717, 1.165) is 33.5 Å². The van der Waals surface area contributed by atoms with E-state index in [1.54, 1.807) is 30.3 Å². The smallest absolute Gasteiger partial charge is 0.294 e. The van der Waals surface area contributed by atoms with E-state index in [1.165, 1.54) is 0 Å². The molecule has 5 rings (SSSR count). The Kier molecular flexibility index (Phi) is 10.6. The molecule has 2 fully saturated rings. The fourth-order valence-corrected chi connectivity index (χ4v) is 5.78. The van der Waals surface area contributed by atoms with Gasteiger partial charge in [-0.05, 0) is 91.7 Å². The molecule has 3 aromatic rings. The molecule has 0 aromatic heterocycles. The molecule has 0 bridgehead atoms. The molecule has 0 aliphatic carbocycles. The number of hydrogen-bond acceptors (Lipinski definition) is 9. The van der Waals surface area contributed by atoms with Crippen LogP contribution in [-0.2, 0) is 19.1 Å². The normalized spacial score (nSPS) is 15.7. The predicted molar refractivity (Wildman–Crippen MR) is 178 cm³/mol. The topological polar surface area (TPSA) is 127 Å². The van der Waals surface area contributed by atoms with Gasteiger partial charge in [0.05, 0.1) is 36.1 Å². The fraction of sp³-hybridized carbons (Fsp3) is 0.294. The van der Waals surface area contributed by atoms with Gasteiger partial charge in [-0.3, -0.25) is 24.1 Å². The molecule has 3 aromatic carbocycles. The minimum Gasteiger partial charge on any atom is -0.490 e. The van der Waals surface area contributed by atoms with Crippen LogP contribution in [0.1, 0.15) is 23.6 Å². The van der Waals surface area contributed by atoms with E-state index in [-0.39, 0.29) is 17.4 Å². The van der Waals surface area contributed by atoms with Gasteiger partial charge in [-0.1, -0.05) is 24.3 Å². The number of benzene rings is 3. The molecule has 0 spiro atoms. The molecule has 2 aliphatic heterocycles. The van der Waals surface area contributed by atoms with Crippen molar-refractivity contribution < 1.29 is 33.4 Å². The van der Waals surface area contributed by atoms with E-state index in [9.17, 15) is 19.2 Å². The SMILES string of the molecule is CCOc1cc(/C=C2/SC(=O)N(CC(=O)Nc3ccccc3N3CCOCC3)C2=O)ccc1OCC(=O)Nc1ccc(C)c(C)c1. The Labute approximate surface area is 271 Å². The van der Waals surface area contributed by atoms with Crippen molar-refractivity contribution in [3.63, 3.8) is 0 Å². The lowest BCUT2D eigenvalue weighted by atomic mass is 10.1. The Hall–Kier alpha value is -4.81. The van der Waals surface area contributed by atoms with Gasteiger partial charge in [-0.15, -0.1) is 0 Å². The number of ether oxygens (including phenoxy) is 3. The lowest BCUT2D eigenvalue weighted by Crippen LogP contribution is -2.38. The largest absolute Gasteiger partial charge is 0.490 e. The number of thioether (sulfide) groups is 1. The standard InChI is InChI=1S/C34H36N4O7S/c1-4-44-29-18-24(10-12-28(29)45-21-32(40)35-25-11-9-22(2)23(3)17-25)19-30-33(41)38(34(42)46-30)20-31(39)36-26-7-5-6-8-27(26)37-13-15-43-16-14-37/h5-12,17-19H,4,13-16,20-21H2,1-3H3,(H,35,40)(H,36,39)/b30-19+. The summed E-state index contributed by atoms with van der Waals surface area (Å²) in [7, 11) is 0. The zero-order chi connectivity index (χ0) is 32.6. The highest BCUT2D eigenvalue weighted by Gasteiger charge is 2.36. The van der Waals surface area contributed by atoms with Crippen molar-refractivity contribution in [2.75, 3.05) is 61.6 Å². The van der Waals surface area contributed by atoms with Crippen molar-refractivity contribution >= 4 is 57.9 Å². The number of aryl methyl sites for hydroxylation is 2. The Bertz CT molecular complexity index is 1670. The van der Waals surface area contributed by atoms with Crippen LogP contribution in [0.2, 0.25) is 0 Å². The molecule has 2 heterocycles. The number of anilines is 3. The molecule has 0 radical (unpaired) electrons. The molecule has 11 nitrogen and oxygen atoms in total. The summed E-state index contributed by atoms with van der Waals surface area (Å²) in [5.41, 5.74) is 4.93. The fourth-order valence-electron chi connectivity index (χ4n) is 4.94. The first kappa shape index (κ1) is 32.6. The van der Waals surface area contributed by atoms with Gasteiger partial charge in [-0.25, -0.2) is 0 Å². The molecule has 46 heavy (non-hydrogen) atoms. The van der Waals surface area contributed by atoms with Crippen LogP contribution in [0.5, 0.6) is 11.5 Å². The van der Waals surface area contributed by atoms with Crippen LogP contribution in [0.15, 0.2) is 65.6 Å². The highest BCUT2D eigenvalue weighted by atomic mass is 32.2. The van der Waals surface area contributed by atoms with Crippen LogP contribution >= 0.6 is 11.8 Å². The van der Waals surface area contributed by atoms with Crippen LogP contribution < -0.4 is 25.0 Å². The van der Waals surface area contributed by atoms with E-state index in [0.29, 0.717) is 61.3 Å². The summed E-state index contributed by atoms with van der Waals surface area (Å²) in [6.07, 6.45) is 1.56. The number of nitrogens with one attached hydrogen (secondary N) is 2. The zero-order valence-electron chi connectivity index (χ0n) is 26.0. The van der Waals surface area contributed by atoms with Gasteiger partial charge < -0.3 is 29.7 Å². The maximum atomic E-state index is 13.2. The van der Waals surface area contributed by atoms with Crippen molar-refractivity contribution in [3.8, 4) is 11.5 Å².